The third-order valence-electron chi connectivity index (χ3n) is 3.41. The first-order valence-electron chi connectivity index (χ1n) is 6.08. The Balaban J connectivity index is 2.70. The SMILES string of the molecule is COc1cc2c(c(O)c1C)C(=O)C(C)(C)OC(O)C2. The van der Waals surface area contributed by atoms with Gasteiger partial charge in [0.25, 0.3) is 0 Å². The number of aliphatic hydroxyl groups excluding tert-OH is 1. The second-order valence-electron chi connectivity index (χ2n) is 5.20. The molecule has 1 aliphatic heterocycles. The number of fused-ring (bicyclic) bond motifs is 1. The third-order valence-corrected chi connectivity index (χ3v) is 3.41. The molecule has 1 unspecified atom stereocenters. The van der Waals surface area contributed by atoms with E-state index in [4.69, 9.17) is 9.47 Å². The molecule has 104 valence electrons. The number of aromatic hydroxyl groups is 1. The number of aliphatic hydroxyl groups is 1. The van der Waals surface area contributed by atoms with Gasteiger partial charge in [0.15, 0.2) is 12.1 Å². The molecule has 0 fully saturated rings. The maximum atomic E-state index is 12.4. The number of ketones is 1. The fourth-order valence-corrected chi connectivity index (χ4v) is 2.35. The second kappa shape index (κ2) is 4.51. The Morgan fingerprint density at radius 1 is 1.47 bits per heavy atom. The first-order chi connectivity index (χ1) is 8.77. The highest BCUT2D eigenvalue weighted by molar-refractivity contribution is 6.06. The minimum Gasteiger partial charge on any atom is -0.507 e. The van der Waals surface area contributed by atoms with E-state index in [1.807, 2.05) is 0 Å². The third kappa shape index (κ3) is 2.19. The topological polar surface area (TPSA) is 76.0 Å². The molecule has 1 aromatic rings. The summed E-state index contributed by atoms with van der Waals surface area (Å²) in [6, 6.07) is 1.66. The van der Waals surface area contributed by atoms with E-state index < -0.39 is 11.9 Å². The first kappa shape index (κ1) is 13.8. The molecule has 0 saturated carbocycles. The molecule has 0 spiro atoms. The van der Waals surface area contributed by atoms with E-state index in [9.17, 15) is 15.0 Å². The molecular formula is C14H18O5. The van der Waals surface area contributed by atoms with Crippen LogP contribution in [0.25, 0.3) is 0 Å². The number of ether oxygens (including phenoxy) is 2. The maximum absolute atomic E-state index is 12.4. The van der Waals surface area contributed by atoms with Gasteiger partial charge < -0.3 is 19.7 Å². The summed E-state index contributed by atoms with van der Waals surface area (Å²) >= 11 is 0. The monoisotopic (exact) mass is 266 g/mol. The number of hydrogen-bond acceptors (Lipinski definition) is 5. The van der Waals surface area contributed by atoms with Gasteiger partial charge in [-0.25, -0.2) is 0 Å². The fraction of sp³-hybridized carbons (Fsp3) is 0.500. The highest BCUT2D eigenvalue weighted by Crippen LogP contribution is 2.38. The van der Waals surface area contributed by atoms with Crippen LogP contribution in [-0.4, -0.2) is 35.0 Å². The Morgan fingerprint density at radius 3 is 2.68 bits per heavy atom. The van der Waals surface area contributed by atoms with Gasteiger partial charge in [0.1, 0.15) is 17.1 Å². The van der Waals surface area contributed by atoms with Crippen LogP contribution in [0.15, 0.2) is 6.07 Å². The standard InChI is InChI=1S/C14H18O5/c1-7-9(18-4)5-8-6-10(15)19-14(2,3)13(17)11(8)12(7)16/h5,10,15-16H,6H2,1-4H3. The zero-order chi connectivity index (χ0) is 14.4. The van der Waals surface area contributed by atoms with E-state index in [-0.39, 0.29) is 23.5 Å². The molecule has 1 aromatic carbocycles. The lowest BCUT2D eigenvalue weighted by Crippen LogP contribution is -2.37. The molecular weight excluding hydrogens is 248 g/mol. The number of phenols is 1. The molecule has 0 saturated heterocycles. The summed E-state index contributed by atoms with van der Waals surface area (Å²) in [6.07, 6.45) is -0.957. The number of hydrogen-bond donors (Lipinski definition) is 2. The van der Waals surface area contributed by atoms with Gasteiger partial charge in [0, 0.05) is 12.0 Å². The predicted molar refractivity (Wildman–Crippen MR) is 68.6 cm³/mol. The van der Waals surface area contributed by atoms with Crippen LogP contribution in [-0.2, 0) is 11.2 Å². The Morgan fingerprint density at radius 2 is 2.11 bits per heavy atom. The van der Waals surface area contributed by atoms with Gasteiger partial charge in [-0.05, 0) is 32.4 Å². The lowest BCUT2D eigenvalue weighted by atomic mass is 9.90. The zero-order valence-electron chi connectivity index (χ0n) is 11.5. The van der Waals surface area contributed by atoms with Crippen molar-refractivity contribution in [3.8, 4) is 11.5 Å². The van der Waals surface area contributed by atoms with Crippen LogP contribution in [0.4, 0.5) is 0 Å². The zero-order valence-corrected chi connectivity index (χ0v) is 11.5. The van der Waals surface area contributed by atoms with Crippen LogP contribution < -0.4 is 4.74 Å². The molecule has 1 heterocycles. The number of benzene rings is 1. The number of carbonyl (C=O) groups excluding carboxylic acids is 1. The number of methoxy groups -OCH3 is 1. The van der Waals surface area contributed by atoms with E-state index in [1.54, 1.807) is 26.8 Å². The van der Waals surface area contributed by atoms with Gasteiger partial charge >= 0.3 is 0 Å². The van der Waals surface area contributed by atoms with Crippen molar-refractivity contribution in [2.24, 2.45) is 0 Å². The van der Waals surface area contributed by atoms with E-state index in [0.717, 1.165) is 0 Å². The van der Waals surface area contributed by atoms with Crippen LogP contribution in [0, 0.1) is 6.92 Å². The number of rotatable bonds is 1. The van der Waals surface area contributed by atoms with E-state index in [0.29, 0.717) is 16.9 Å². The van der Waals surface area contributed by atoms with Gasteiger partial charge in [0.05, 0.1) is 12.7 Å². The van der Waals surface area contributed by atoms with Crippen LogP contribution in [0.5, 0.6) is 11.5 Å². The van der Waals surface area contributed by atoms with Crippen molar-refractivity contribution in [1.29, 1.82) is 0 Å². The molecule has 0 aliphatic carbocycles. The maximum Gasteiger partial charge on any atom is 0.198 e. The van der Waals surface area contributed by atoms with Crippen molar-refractivity contribution in [1.82, 2.24) is 0 Å². The van der Waals surface area contributed by atoms with Crippen molar-refractivity contribution < 1.29 is 24.5 Å². The number of phenolic OH excluding ortho intramolecular Hbond substituents is 1. The normalized spacial score (nSPS) is 21.7. The lowest BCUT2D eigenvalue weighted by Gasteiger charge is -2.24. The van der Waals surface area contributed by atoms with E-state index in [1.165, 1.54) is 7.11 Å². The highest BCUT2D eigenvalue weighted by atomic mass is 16.6. The Labute approximate surface area is 111 Å². The average Bonchev–Trinajstić information content (AvgIpc) is 2.39. The summed E-state index contributed by atoms with van der Waals surface area (Å²) in [7, 11) is 1.49. The molecule has 2 rings (SSSR count). The molecule has 5 heteroatoms. The van der Waals surface area contributed by atoms with Crippen LogP contribution in [0.1, 0.15) is 35.3 Å². The van der Waals surface area contributed by atoms with Gasteiger partial charge in [-0.2, -0.15) is 0 Å². The summed E-state index contributed by atoms with van der Waals surface area (Å²) in [5, 5.41) is 20.0. The van der Waals surface area contributed by atoms with Gasteiger partial charge in [-0.3, -0.25) is 4.79 Å². The van der Waals surface area contributed by atoms with Crippen molar-refractivity contribution >= 4 is 5.78 Å². The van der Waals surface area contributed by atoms with Gasteiger partial charge in [-0.1, -0.05) is 0 Å². The molecule has 5 nitrogen and oxygen atoms in total. The average molecular weight is 266 g/mol. The Kier molecular flexibility index (Phi) is 3.28. The van der Waals surface area contributed by atoms with Crippen molar-refractivity contribution in [2.45, 2.75) is 39.1 Å². The highest BCUT2D eigenvalue weighted by Gasteiger charge is 2.39. The largest absolute Gasteiger partial charge is 0.507 e. The summed E-state index contributed by atoms with van der Waals surface area (Å²) in [4.78, 5) is 12.4. The summed E-state index contributed by atoms with van der Waals surface area (Å²) in [5.41, 5.74) is 0.0630. The lowest BCUT2D eigenvalue weighted by molar-refractivity contribution is -0.150. The molecule has 1 atom stereocenters. The molecule has 0 bridgehead atoms. The van der Waals surface area contributed by atoms with E-state index in [2.05, 4.69) is 0 Å². The fourth-order valence-electron chi connectivity index (χ4n) is 2.35. The summed E-state index contributed by atoms with van der Waals surface area (Å²) in [6.45, 7) is 4.83. The molecule has 0 amide bonds. The summed E-state index contributed by atoms with van der Waals surface area (Å²) in [5.74, 6) is 0.0309. The Hall–Kier alpha value is -1.59. The molecule has 0 radical (unpaired) electrons. The molecule has 2 N–H and O–H groups in total. The predicted octanol–water partition coefficient (Wildman–Crippen LogP) is 1.56. The van der Waals surface area contributed by atoms with Crippen LogP contribution in [0.2, 0.25) is 0 Å². The summed E-state index contributed by atoms with van der Waals surface area (Å²) < 4.78 is 10.5. The minimum atomic E-state index is -1.18. The molecule has 1 aliphatic rings. The van der Waals surface area contributed by atoms with Crippen LogP contribution >= 0.6 is 0 Å². The van der Waals surface area contributed by atoms with Gasteiger partial charge in [-0.15, -0.1) is 0 Å². The van der Waals surface area contributed by atoms with E-state index >= 15 is 0 Å². The first-order valence-corrected chi connectivity index (χ1v) is 6.08. The second-order valence-corrected chi connectivity index (χ2v) is 5.20. The van der Waals surface area contributed by atoms with Crippen LogP contribution in [0.3, 0.4) is 0 Å². The molecule has 0 aromatic heterocycles. The van der Waals surface area contributed by atoms with Crippen molar-refractivity contribution in [3.63, 3.8) is 0 Å². The quantitative estimate of drug-likeness (QED) is 0.806. The Bertz CT molecular complexity index is 533. The van der Waals surface area contributed by atoms with Crippen molar-refractivity contribution in [3.05, 3.63) is 22.8 Å². The minimum absolute atomic E-state index is 0.106. The number of carbonyl (C=O) groups is 1. The van der Waals surface area contributed by atoms with Gasteiger partial charge in [0.2, 0.25) is 0 Å². The smallest absolute Gasteiger partial charge is 0.198 e. The van der Waals surface area contributed by atoms with Crippen molar-refractivity contribution in [2.75, 3.05) is 7.11 Å². The molecule has 19 heavy (non-hydrogen) atoms. The number of Topliss-reactive ketones (excluding diaryl/α,β-unsaturated/α-hetero) is 1.